The number of carbonyl (C=O) groups is 2. The van der Waals surface area contributed by atoms with Crippen LogP contribution in [0, 0.1) is 11.6 Å². The maximum absolute atomic E-state index is 14.7. The number of alkyl halides is 1. The number of piperazine rings is 1. The zero-order valence-electron chi connectivity index (χ0n) is 16.4. The lowest BCUT2D eigenvalue weighted by molar-refractivity contribution is -0.113. The van der Waals surface area contributed by atoms with Crippen molar-refractivity contribution in [2.24, 2.45) is 0 Å². The van der Waals surface area contributed by atoms with E-state index in [4.69, 9.17) is 9.57 Å². The quantitative estimate of drug-likeness (QED) is 0.510. The predicted molar refractivity (Wildman–Crippen MR) is 107 cm³/mol. The second-order valence-electron chi connectivity index (χ2n) is 6.97. The molecule has 0 aromatic heterocycles. The van der Waals surface area contributed by atoms with Gasteiger partial charge in [-0.1, -0.05) is 12.6 Å². The molecule has 0 radical (unpaired) electrons. The summed E-state index contributed by atoms with van der Waals surface area (Å²) in [5.41, 5.74) is -0.143. The van der Waals surface area contributed by atoms with Crippen LogP contribution in [0.4, 0.5) is 34.1 Å². The van der Waals surface area contributed by atoms with Gasteiger partial charge in [0, 0.05) is 51.9 Å². The van der Waals surface area contributed by atoms with Crippen molar-refractivity contribution in [2.75, 3.05) is 69.4 Å². The molecule has 2 aliphatic heterocycles. The van der Waals surface area contributed by atoms with E-state index in [1.165, 1.54) is 7.05 Å². The van der Waals surface area contributed by atoms with Gasteiger partial charge in [0.1, 0.15) is 25.1 Å². The van der Waals surface area contributed by atoms with Crippen LogP contribution in [0.1, 0.15) is 0 Å². The first-order valence-corrected chi connectivity index (χ1v) is 9.85. The molecule has 8 nitrogen and oxygen atoms in total. The van der Waals surface area contributed by atoms with Gasteiger partial charge in [0.15, 0.2) is 11.6 Å². The maximum atomic E-state index is 14.7. The number of rotatable bonds is 7. The molecule has 2 fully saturated rings. The van der Waals surface area contributed by atoms with Gasteiger partial charge < -0.3 is 9.64 Å². The second kappa shape index (κ2) is 9.75. The van der Waals surface area contributed by atoms with Crippen LogP contribution in [0.2, 0.25) is 0 Å². The monoisotopic (exact) mass is 448 g/mol. The summed E-state index contributed by atoms with van der Waals surface area (Å²) in [5, 5.41) is 0.252. The highest BCUT2D eigenvalue weighted by Gasteiger charge is 2.34. The standard InChI is InChI=1S/C18H23F3N4O4S/c1-22(18(27)30)28-11-13-10-25(17(26)29-13)12-8-14(20)16(15(21)9-12)24-6-4-23(3-2-19)5-7-24/h8-9,13H,2-7,10-11H2,1H3,(H,27,30)/t13-/m0/s1. The number of benzene rings is 1. The highest BCUT2D eigenvalue weighted by atomic mass is 32.1. The van der Waals surface area contributed by atoms with E-state index in [2.05, 4.69) is 12.6 Å². The van der Waals surface area contributed by atoms with Crippen LogP contribution in [-0.2, 0) is 9.57 Å². The number of thiol groups is 1. The number of anilines is 2. The van der Waals surface area contributed by atoms with Crippen molar-refractivity contribution >= 4 is 35.3 Å². The second-order valence-corrected chi connectivity index (χ2v) is 7.35. The summed E-state index contributed by atoms with van der Waals surface area (Å²) in [6, 6.07) is 2.17. The Morgan fingerprint density at radius 2 is 1.90 bits per heavy atom. The lowest BCUT2D eigenvalue weighted by Gasteiger charge is -2.36. The summed E-state index contributed by atoms with van der Waals surface area (Å²) in [4.78, 5) is 32.8. The van der Waals surface area contributed by atoms with E-state index >= 15 is 0 Å². The zero-order valence-corrected chi connectivity index (χ0v) is 17.3. The molecule has 0 spiro atoms. The number of hydrogen-bond donors (Lipinski definition) is 1. The molecule has 2 aliphatic rings. The smallest absolute Gasteiger partial charge is 0.414 e. The van der Waals surface area contributed by atoms with Gasteiger partial charge in [-0.05, 0) is 0 Å². The van der Waals surface area contributed by atoms with Crippen LogP contribution >= 0.6 is 12.6 Å². The molecular weight excluding hydrogens is 425 g/mol. The van der Waals surface area contributed by atoms with Crippen LogP contribution in [0.15, 0.2) is 12.1 Å². The van der Waals surface area contributed by atoms with E-state index in [1.807, 2.05) is 4.90 Å². The molecule has 1 aromatic carbocycles. The Morgan fingerprint density at radius 1 is 1.27 bits per heavy atom. The Kier molecular flexibility index (Phi) is 7.32. The molecule has 0 N–H and O–H groups in total. The minimum Gasteiger partial charge on any atom is -0.441 e. The van der Waals surface area contributed by atoms with Crippen molar-refractivity contribution in [3.8, 4) is 0 Å². The van der Waals surface area contributed by atoms with Crippen molar-refractivity contribution in [1.82, 2.24) is 9.96 Å². The van der Waals surface area contributed by atoms with E-state index in [1.54, 1.807) is 4.90 Å². The fourth-order valence-corrected chi connectivity index (χ4v) is 3.45. The Bertz CT molecular complexity index is 772. The molecule has 1 atom stereocenters. The largest absolute Gasteiger partial charge is 0.441 e. The van der Waals surface area contributed by atoms with E-state index < -0.39 is 35.7 Å². The van der Waals surface area contributed by atoms with Gasteiger partial charge in [0.2, 0.25) is 0 Å². The third kappa shape index (κ3) is 5.10. The predicted octanol–water partition coefficient (Wildman–Crippen LogP) is 2.29. The van der Waals surface area contributed by atoms with Crippen molar-refractivity contribution in [3.05, 3.63) is 23.8 Å². The molecule has 0 unspecified atom stereocenters. The highest BCUT2D eigenvalue weighted by Crippen LogP contribution is 2.31. The minimum absolute atomic E-state index is 0.00751. The summed E-state index contributed by atoms with van der Waals surface area (Å²) in [6.45, 7) is 1.49. The van der Waals surface area contributed by atoms with Crippen LogP contribution in [-0.4, -0.2) is 87.0 Å². The Morgan fingerprint density at radius 3 is 2.47 bits per heavy atom. The number of nitrogens with zero attached hydrogens (tertiary/aromatic N) is 4. The minimum atomic E-state index is -0.795. The van der Waals surface area contributed by atoms with Crippen LogP contribution in [0.3, 0.4) is 0 Å². The summed E-state index contributed by atoms with van der Waals surface area (Å²) >= 11 is 3.59. The van der Waals surface area contributed by atoms with E-state index in [-0.39, 0.29) is 24.5 Å². The SMILES string of the molecule is CN(OC[C@@H]1CN(c2cc(F)c(N3CCN(CCF)CC3)c(F)c2)C(=O)O1)C(=O)S. The lowest BCUT2D eigenvalue weighted by atomic mass is 10.2. The summed E-state index contributed by atoms with van der Waals surface area (Å²) in [7, 11) is 1.35. The van der Waals surface area contributed by atoms with Gasteiger partial charge in [-0.2, -0.15) is 0 Å². The van der Waals surface area contributed by atoms with Gasteiger partial charge >= 0.3 is 11.3 Å². The van der Waals surface area contributed by atoms with E-state index in [0.29, 0.717) is 32.7 Å². The molecule has 0 saturated carbocycles. The molecule has 2 amide bonds. The first-order valence-electron chi connectivity index (χ1n) is 9.40. The van der Waals surface area contributed by atoms with Crippen LogP contribution in [0.25, 0.3) is 0 Å². The average Bonchev–Trinajstić information content (AvgIpc) is 3.07. The molecule has 30 heavy (non-hydrogen) atoms. The fraction of sp³-hybridized carbons (Fsp3) is 0.556. The van der Waals surface area contributed by atoms with E-state index in [0.717, 1.165) is 22.1 Å². The zero-order chi connectivity index (χ0) is 21.8. The third-order valence-electron chi connectivity index (χ3n) is 5.00. The first-order chi connectivity index (χ1) is 14.3. The van der Waals surface area contributed by atoms with Crippen molar-refractivity contribution in [3.63, 3.8) is 0 Å². The van der Waals surface area contributed by atoms with Gasteiger partial charge in [-0.25, -0.2) is 23.0 Å². The first kappa shape index (κ1) is 22.5. The summed E-state index contributed by atoms with van der Waals surface area (Å²) in [5.74, 6) is -1.59. The Balaban J connectivity index is 1.66. The van der Waals surface area contributed by atoms with Gasteiger partial charge in [0.25, 0.3) is 0 Å². The summed E-state index contributed by atoms with van der Waals surface area (Å²) in [6.07, 6.45) is -1.49. The molecule has 0 aliphatic carbocycles. The molecule has 1 aromatic rings. The number of halogens is 3. The molecule has 3 rings (SSSR count). The van der Waals surface area contributed by atoms with Crippen molar-refractivity contribution in [1.29, 1.82) is 0 Å². The fourth-order valence-electron chi connectivity index (χ4n) is 3.39. The molecule has 166 valence electrons. The van der Waals surface area contributed by atoms with Gasteiger partial charge in [0.05, 0.1) is 12.2 Å². The maximum Gasteiger partial charge on any atom is 0.414 e. The Hall–Kier alpha value is -2.18. The van der Waals surface area contributed by atoms with Crippen LogP contribution < -0.4 is 9.80 Å². The van der Waals surface area contributed by atoms with Gasteiger partial charge in [-0.3, -0.25) is 19.4 Å². The number of cyclic esters (lactones) is 1. The lowest BCUT2D eigenvalue weighted by Crippen LogP contribution is -2.47. The molecule has 0 bridgehead atoms. The number of ether oxygens (including phenoxy) is 1. The molecule has 12 heteroatoms. The van der Waals surface area contributed by atoms with Gasteiger partial charge in [-0.15, -0.1) is 0 Å². The van der Waals surface area contributed by atoms with Crippen molar-refractivity contribution < 1.29 is 32.3 Å². The van der Waals surface area contributed by atoms with E-state index in [9.17, 15) is 22.8 Å². The number of hydrogen-bond acceptors (Lipinski definition) is 6. The third-order valence-corrected chi connectivity index (χ3v) is 5.28. The summed E-state index contributed by atoms with van der Waals surface area (Å²) < 4.78 is 47.1. The number of hydroxylamine groups is 2. The van der Waals surface area contributed by atoms with Crippen molar-refractivity contribution in [2.45, 2.75) is 6.10 Å². The molecule has 2 saturated heterocycles. The molecular formula is C18H23F3N4O4S. The number of amides is 2. The normalized spacial score (nSPS) is 19.9. The topological polar surface area (TPSA) is 65.6 Å². The number of carbonyl (C=O) groups excluding carboxylic acids is 2. The highest BCUT2D eigenvalue weighted by molar-refractivity contribution is 7.96. The van der Waals surface area contributed by atoms with Crippen LogP contribution in [0.5, 0.6) is 0 Å². The molecule has 2 heterocycles. The average molecular weight is 448 g/mol. The Labute approximate surface area is 177 Å².